The number of aryl methyl sites for hydroxylation is 1. The summed E-state index contributed by atoms with van der Waals surface area (Å²) in [7, 11) is 0. The zero-order valence-electron chi connectivity index (χ0n) is 12.6. The van der Waals surface area contributed by atoms with Crippen molar-refractivity contribution in [2.24, 2.45) is 5.92 Å². The maximum atomic E-state index is 11.6. The molecule has 0 spiro atoms. The van der Waals surface area contributed by atoms with Crippen LogP contribution in [0.5, 0.6) is 0 Å². The molecule has 0 aliphatic heterocycles. The second-order valence-electron chi connectivity index (χ2n) is 5.08. The molecule has 0 aliphatic carbocycles. The maximum Gasteiger partial charge on any atom is 0.244 e. The number of carbonyl (C=O) groups is 2. The molecule has 0 aliphatic rings. The standard InChI is InChI=1S/C16H21ClN2O2/c1-11(2)16(21)19-9-8-18-15(20)7-6-13-5-4-12(3)14(17)10-13/h4-7,10-11H,8-9H2,1-3H3,(H,18,20)(H,19,21)/b7-6+. The molecular weight excluding hydrogens is 288 g/mol. The molecule has 0 bridgehead atoms. The first-order valence-electron chi connectivity index (χ1n) is 6.90. The molecule has 2 amide bonds. The van der Waals surface area contributed by atoms with E-state index >= 15 is 0 Å². The van der Waals surface area contributed by atoms with E-state index in [-0.39, 0.29) is 17.7 Å². The van der Waals surface area contributed by atoms with Crippen LogP contribution in [0.1, 0.15) is 25.0 Å². The fraction of sp³-hybridized carbons (Fsp3) is 0.375. The molecule has 0 radical (unpaired) electrons. The number of nitrogens with one attached hydrogen (secondary N) is 2. The van der Waals surface area contributed by atoms with Crippen molar-refractivity contribution in [1.82, 2.24) is 10.6 Å². The fourth-order valence-electron chi connectivity index (χ4n) is 1.52. The van der Waals surface area contributed by atoms with Crippen LogP contribution in [0.3, 0.4) is 0 Å². The van der Waals surface area contributed by atoms with Crippen molar-refractivity contribution in [3.8, 4) is 0 Å². The van der Waals surface area contributed by atoms with Crippen LogP contribution < -0.4 is 10.6 Å². The van der Waals surface area contributed by atoms with Crippen molar-refractivity contribution < 1.29 is 9.59 Å². The van der Waals surface area contributed by atoms with Crippen molar-refractivity contribution in [3.05, 3.63) is 40.4 Å². The Hall–Kier alpha value is -1.81. The number of rotatable bonds is 6. The van der Waals surface area contributed by atoms with Gasteiger partial charge in [-0.05, 0) is 30.2 Å². The summed E-state index contributed by atoms with van der Waals surface area (Å²) < 4.78 is 0. The minimum absolute atomic E-state index is 0.0194. The first kappa shape index (κ1) is 17.2. The molecule has 0 aromatic heterocycles. The average Bonchev–Trinajstić information content (AvgIpc) is 2.44. The lowest BCUT2D eigenvalue weighted by molar-refractivity contribution is -0.124. The van der Waals surface area contributed by atoms with Gasteiger partial charge in [0, 0.05) is 30.1 Å². The first-order chi connectivity index (χ1) is 9.90. The number of carbonyl (C=O) groups excluding carboxylic acids is 2. The van der Waals surface area contributed by atoms with Gasteiger partial charge in [0.1, 0.15) is 0 Å². The summed E-state index contributed by atoms with van der Waals surface area (Å²) >= 11 is 6.01. The molecule has 1 aromatic rings. The second kappa shape index (κ2) is 8.47. The summed E-state index contributed by atoms with van der Waals surface area (Å²) in [6.07, 6.45) is 3.15. The molecule has 0 fully saturated rings. The summed E-state index contributed by atoms with van der Waals surface area (Å²) in [5.41, 5.74) is 1.87. The number of hydrogen-bond acceptors (Lipinski definition) is 2. The highest BCUT2D eigenvalue weighted by Gasteiger charge is 2.05. The van der Waals surface area contributed by atoms with Crippen LogP contribution in [0.4, 0.5) is 0 Å². The third-order valence-corrected chi connectivity index (χ3v) is 3.28. The molecule has 0 unspecified atom stereocenters. The Morgan fingerprint density at radius 1 is 1.24 bits per heavy atom. The van der Waals surface area contributed by atoms with Gasteiger partial charge in [-0.1, -0.05) is 37.6 Å². The normalized spacial score (nSPS) is 10.9. The highest BCUT2D eigenvalue weighted by molar-refractivity contribution is 6.31. The van der Waals surface area contributed by atoms with E-state index in [0.29, 0.717) is 18.1 Å². The summed E-state index contributed by atoms with van der Waals surface area (Å²) in [4.78, 5) is 22.9. The van der Waals surface area contributed by atoms with Gasteiger partial charge in [-0.15, -0.1) is 0 Å². The van der Waals surface area contributed by atoms with Gasteiger partial charge in [0.25, 0.3) is 0 Å². The van der Waals surface area contributed by atoms with E-state index in [4.69, 9.17) is 11.6 Å². The van der Waals surface area contributed by atoms with E-state index in [9.17, 15) is 9.59 Å². The smallest absolute Gasteiger partial charge is 0.244 e. The van der Waals surface area contributed by atoms with E-state index in [0.717, 1.165) is 11.1 Å². The summed E-state index contributed by atoms with van der Waals surface area (Å²) in [5.74, 6) is -0.272. The molecule has 114 valence electrons. The van der Waals surface area contributed by atoms with Gasteiger partial charge in [0.15, 0.2) is 0 Å². The first-order valence-corrected chi connectivity index (χ1v) is 7.27. The van der Waals surface area contributed by atoms with Gasteiger partial charge in [-0.3, -0.25) is 9.59 Å². The lowest BCUT2D eigenvalue weighted by Gasteiger charge is -2.07. The predicted octanol–water partition coefficient (Wildman–Crippen LogP) is 2.55. The monoisotopic (exact) mass is 308 g/mol. The van der Waals surface area contributed by atoms with Crippen LogP contribution >= 0.6 is 11.6 Å². The van der Waals surface area contributed by atoms with Gasteiger partial charge < -0.3 is 10.6 Å². The highest BCUT2D eigenvalue weighted by atomic mass is 35.5. The van der Waals surface area contributed by atoms with Crippen molar-refractivity contribution in [2.75, 3.05) is 13.1 Å². The summed E-state index contributed by atoms with van der Waals surface area (Å²) in [5, 5.41) is 6.10. The number of amides is 2. The van der Waals surface area contributed by atoms with Crippen LogP contribution in [0.2, 0.25) is 5.02 Å². The minimum atomic E-state index is -0.203. The molecule has 2 N–H and O–H groups in total. The van der Waals surface area contributed by atoms with Crippen LogP contribution in [0, 0.1) is 12.8 Å². The number of benzene rings is 1. The number of halogens is 1. The fourth-order valence-corrected chi connectivity index (χ4v) is 1.71. The zero-order chi connectivity index (χ0) is 15.8. The Kier molecular flexibility index (Phi) is 6.96. The summed E-state index contributed by atoms with van der Waals surface area (Å²) in [6.45, 7) is 6.39. The van der Waals surface area contributed by atoms with Gasteiger partial charge in [-0.25, -0.2) is 0 Å². The SMILES string of the molecule is Cc1ccc(/C=C/C(=O)NCCNC(=O)C(C)C)cc1Cl. The third kappa shape index (κ3) is 6.45. The number of hydrogen-bond donors (Lipinski definition) is 2. The molecule has 1 rings (SSSR count). The van der Waals surface area contributed by atoms with Gasteiger partial charge in [0.05, 0.1) is 0 Å². The molecular formula is C16H21ClN2O2. The Morgan fingerprint density at radius 3 is 2.52 bits per heavy atom. The topological polar surface area (TPSA) is 58.2 Å². The van der Waals surface area contributed by atoms with Crippen LogP contribution in [0.15, 0.2) is 24.3 Å². The van der Waals surface area contributed by atoms with Crippen molar-refractivity contribution in [1.29, 1.82) is 0 Å². The molecule has 0 saturated carbocycles. The van der Waals surface area contributed by atoms with E-state index in [2.05, 4.69) is 10.6 Å². The summed E-state index contributed by atoms with van der Waals surface area (Å²) in [6, 6.07) is 5.61. The van der Waals surface area contributed by atoms with Gasteiger partial charge >= 0.3 is 0 Å². The van der Waals surface area contributed by atoms with Crippen molar-refractivity contribution >= 4 is 29.5 Å². The van der Waals surface area contributed by atoms with Crippen molar-refractivity contribution in [3.63, 3.8) is 0 Å². The van der Waals surface area contributed by atoms with Crippen LogP contribution in [-0.2, 0) is 9.59 Å². The molecule has 1 aromatic carbocycles. The van der Waals surface area contributed by atoms with Gasteiger partial charge in [0.2, 0.25) is 11.8 Å². The Balaban J connectivity index is 2.34. The van der Waals surface area contributed by atoms with Crippen LogP contribution in [-0.4, -0.2) is 24.9 Å². The Bertz CT molecular complexity index is 539. The zero-order valence-corrected chi connectivity index (χ0v) is 13.3. The molecule has 0 saturated heterocycles. The van der Waals surface area contributed by atoms with E-state index in [1.54, 1.807) is 6.08 Å². The largest absolute Gasteiger partial charge is 0.354 e. The van der Waals surface area contributed by atoms with E-state index < -0.39 is 0 Å². The Labute approximate surface area is 130 Å². The quantitative estimate of drug-likeness (QED) is 0.627. The maximum absolute atomic E-state index is 11.6. The van der Waals surface area contributed by atoms with E-state index in [1.165, 1.54) is 6.08 Å². The molecule has 21 heavy (non-hydrogen) atoms. The van der Waals surface area contributed by atoms with Gasteiger partial charge in [-0.2, -0.15) is 0 Å². The molecule has 0 heterocycles. The molecule has 0 atom stereocenters. The third-order valence-electron chi connectivity index (χ3n) is 2.87. The highest BCUT2D eigenvalue weighted by Crippen LogP contribution is 2.17. The van der Waals surface area contributed by atoms with E-state index in [1.807, 2.05) is 39.0 Å². The second-order valence-corrected chi connectivity index (χ2v) is 5.49. The lowest BCUT2D eigenvalue weighted by Crippen LogP contribution is -2.35. The average molecular weight is 309 g/mol. The predicted molar refractivity (Wildman–Crippen MR) is 86.1 cm³/mol. The van der Waals surface area contributed by atoms with Crippen LogP contribution in [0.25, 0.3) is 6.08 Å². The molecule has 5 heteroatoms. The minimum Gasteiger partial charge on any atom is -0.354 e. The molecule has 4 nitrogen and oxygen atoms in total. The Morgan fingerprint density at radius 2 is 1.90 bits per heavy atom. The van der Waals surface area contributed by atoms with Crippen molar-refractivity contribution in [2.45, 2.75) is 20.8 Å². The lowest BCUT2D eigenvalue weighted by atomic mass is 10.1.